The monoisotopic (exact) mass is 250 g/mol. The number of benzene rings is 2. The quantitative estimate of drug-likeness (QED) is 0.626. The van der Waals surface area contributed by atoms with Crippen molar-refractivity contribution in [1.29, 1.82) is 0 Å². The summed E-state index contributed by atoms with van der Waals surface area (Å²) in [7, 11) is 0. The fourth-order valence-electron chi connectivity index (χ4n) is 2.52. The molecule has 0 aromatic heterocycles. The molecule has 0 saturated heterocycles. The Morgan fingerprint density at radius 1 is 0.579 bits per heavy atom. The Morgan fingerprint density at radius 3 is 1.58 bits per heavy atom. The molecule has 0 nitrogen and oxygen atoms in total. The van der Waals surface area contributed by atoms with Crippen LogP contribution in [0.25, 0.3) is 12.2 Å². The van der Waals surface area contributed by atoms with Gasteiger partial charge in [-0.25, -0.2) is 0 Å². The smallest absolute Gasteiger partial charge is 0.0192 e. The largest absolute Gasteiger partial charge is 0.0622 e. The van der Waals surface area contributed by atoms with E-state index in [2.05, 4.69) is 71.0 Å². The zero-order valence-electron chi connectivity index (χ0n) is 12.5. The van der Waals surface area contributed by atoms with Crippen LogP contribution < -0.4 is 0 Å². The van der Waals surface area contributed by atoms with E-state index in [0.717, 1.165) is 0 Å². The van der Waals surface area contributed by atoms with E-state index >= 15 is 0 Å². The SMILES string of the molecule is Cc1c(C)c(C)c(/C=C/c2ccccc2)c(C)c1C. The molecule has 0 N–H and O–H groups in total. The maximum atomic E-state index is 2.25. The predicted molar refractivity (Wildman–Crippen MR) is 85.5 cm³/mol. The van der Waals surface area contributed by atoms with Gasteiger partial charge in [0, 0.05) is 0 Å². The van der Waals surface area contributed by atoms with Gasteiger partial charge in [-0.1, -0.05) is 42.5 Å². The zero-order valence-corrected chi connectivity index (χ0v) is 12.5. The molecule has 0 heteroatoms. The molecule has 0 radical (unpaired) electrons. The van der Waals surface area contributed by atoms with E-state index in [9.17, 15) is 0 Å². The summed E-state index contributed by atoms with van der Waals surface area (Å²) in [4.78, 5) is 0. The molecule has 0 saturated carbocycles. The predicted octanol–water partition coefficient (Wildman–Crippen LogP) is 5.40. The van der Waals surface area contributed by atoms with Gasteiger partial charge in [-0.15, -0.1) is 0 Å². The highest BCUT2D eigenvalue weighted by molar-refractivity contribution is 5.74. The number of hydrogen-bond acceptors (Lipinski definition) is 0. The Kier molecular flexibility index (Phi) is 3.90. The Labute approximate surface area is 116 Å². The molecule has 0 atom stereocenters. The van der Waals surface area contributed by atoms with E-state index < -0.39 is 0 Å². The van der Waals surface area contributed by atoms with Gasteiger partial charge >= 0.3 is 0 Å². The van der Waals surface area contributed by atoms with Gasteiger partial charge in [0.15, 0.2) is 0 Å². The summed E-state index contributed by atoms with van der Waals surface area (Å²) < 4.78 is 0. The minimum absolute atomic E-state index is 1.25. The van der Waals surface area contributed by atoms with Crippen molar-refractivity contribution in [3.63, 3.8) is 0 Å². The highest BCUT2D eigenvalue weighted by Crippen LogP contribution is 2.27. The van der Waals surface area contributed by atoms with Crippen LogP contribution in [-0.2, 0) is 0 Å². The molecule has 98 valence electrons. The lowest BCUT2D eigenvalue weighted by Gasteiger charge is -2.16. The molecular weight excluding hydrogens is 228 g/mol. The second-order valence-electron chi connectivity index (χ2n) is 5.28. The standard InChI is InChI=1S/C19H22/c1-13-14(2)16(4)19(17(5)15(13)3)12-11-18-9-7-6-8-10-18/h6-12H,1-5H3/b12-11+. The highest BCUT2D eigenvalue weighted by atomic mass is 14.1. The van der Waals surface area contributed by atoms with E-state index in [-0.39, 0.29) is 0 Å². The van der Waals surface area contributed by atoms with Crippen molar-refractivity contribution in [3.8, 4) is 0 Å². The van der Waals surface area contributed by atoms with Crippen LogP contribution in [0.5, 0.6) is 0 Å². The number of hydrogen-bond donors (Lipinski definition) is 0. The van der Waals surface area contributed by atoms with Crippen LogP contribution in [0.4, 0.5) is 0 Å². The molecule has 0 bridgehead atoms. The summed E-state index contributed by atoms with van der Waals surface area (Å²) in [6, 6.07) is 10.5. The first-order valence-electron chi connectivity index (χ1n) is 6.82. The minimum Gasteiger partial charge on any atom is -0.0622 e. The lowest BCUT2D eigenvalue weighted by Crippen LogP contribution is -1.98. The lowest BCUT2D eigenvalue weighted by molar-refractivity contribution is 1.16. The molecule has 0 amide bonds. The summed E-state index contributed by atoms with van der Waals surface area (Å²) >= 11 is 0. The minimum atomic E-state index is 1.25. The topological polar surface area (TPSA) is 0 Å². The van der Waals surface area contributed by atoms with Crippen LogP contribution in [0.3, 0.4) is 0 Å². The molecule has 0 aliphatic rings. The first kappa shape index (κ1) is 13.6. The van der Waals surface area contributed by atoms with Crippen LogP contribution in [0, 0.1) is 34.6 Å². The van der Waals surface area contributed by atoms with Gasteiger partial charge in [0.1, 0.15) is 0 Å². The Hall–Kier alpha value is -1.82. The van der Waals surface area contributed by atoms with Crippen molar-refractivity contribution in [2.45, 2.75) is 34.6 Å². The maximum absolute atomic E-state index is 2.25. The molecule has 0 unspecified atom stereocenters. The molecule has 2 aromatic carbocycles. The normalized spacial score (nSPS) is 11.2. The number of rotatable bonds is 2. The van der Waals surface area contributed by atoms with Gasteiger partial charge in [0.05, 0.1) is 0 Å². The van der Waals surface area contributed by atoms with Crippen LogP contribution in [0.1, 0.15) is 38.9 Å². The van der Waals surface area contributed by atoms with Crippen molar-refractivity contribution < 1.29 is 0 Å². The molecule has 2 aromatic rings. The third-order valence-corrected chi connectivity index (χ3v) is 4.30. The van der Waals surface area contributed by atoms with E-state index in [1.807, 2.05) is 6.07 Å². The van der Waals surface area contributed by atoms with E-state index in [0.29, 0.717) is 0 Å². The first-order chi connectivity index (χ1) is 9.02. The fraction of sp³-hybridized carbons (Fsp3) is 0.263. The van der Waals surface area contributed by atoms with Crippen LogP contribution in [0.15, 0.2) is 30.3 Å². The van der Waals surface area contributed by atoms with Crippen molar-refractivity contribution in [2.24, 2.45) is 0 Å². The van der Waals surface area contributed by atoms with Gasteiger partial charge in [-0.05, 0) is 73.6 Å². The van der Waals surface area contributed by atoms with Crippen molar-refractivity contribution in [3.05, 3.63) is 69.3 Å². The van der Waals surface area contributed by atoms with Gasteiger partial charge < -0.3 is 0 Å². The van der Waals surface area contributed by atoms with Gasteiger partial charge in [-0.3, -0.25) is 0 Å². The third kappa shape index (κ3) is 2.63. The van der Waals surface area contributed by atoms with E-state index in [1.54, 1.807) is 0 Å². The van der Waals surface area contributed by atoms with Crippen molar-refractivity contribution in [2.75, 3.05) is 0 Å². The summed E-state index contributed by atoms with van der Waals surface area (Å²) in [6.07, 6.45) is 4.45. The average Bonchev–Trinajstić information content (AvgIpc) is 2.44. The fourth-order valence-corrected chi connectivity index (χ4v) is 2.52. The average molecular weight is 250 g/mol. The molecule has 19 heavy (non-hydrogen) atoms. The maximum Gasteiger partial charge on any atom is -0.0192 e. The summed E-state index contributed by atoms with van der Waals surface area (Å²) in [5.74, 6) is 0. The lowest BCUT2D eigenvalue weighted by atomic mass is 9.89. The molecule has 0 fully saturated rings. The van der Waals surface area contributed by atoms with Crippen molar-refractivity contribution in [1.82, 2.24) is 0 Å². The molecule has 0 aliphatic heterocycles. The van der Waals surface area contributed by atoms with Crippen LogP contribution in [-0.4, -0.2) is 0 Å². The van der Waals surface area contributed by atoms with E-state index in [1.165, 1.54) is 38.9 Å². The summed E-state index contributed by atoms with van der Waals surface area (Å²) in [6.45, 7) is 11.1. The van der Waals surface area contributed by atoms with Crippen LogP contribution >= 0.6 is 0 Å². The second kappa shape index (κ2) is 5.44. The Morgan fingerprint density at radius 2 is 1.05 bits per heavy atom. The second-order valence-corrected chi connectivity index (χ2v) is 5.28. The molecule has 0 heterocycles. The van der Waals surface area contributed by atoms with E-state index in [4.69, 9.17) is 0 Å². The third-order valence-electron chi connectivity index (χ3n) is 4.30. The Bertz CT molecular complexity index is 587. The molecule has 0 aliphatic carbocycles. The highest BCUT2D eigenvalue weighted by Gasteiger charge is 2.09. The van der Waals surface area contributed by atoms with Gasteiger partial charge in [0.25, 0.3) is 0 Å². The van der Waals surface area contributed by atoms with Crippen molar-refractivity contribution >= 4 is 12.2 Å². The first-order valence-corrected chi connectivity index (χ1v) is 6.82. The zero-order chi connectivity index (χ0) is 14.0. The molecule has 0 spiro atoms. The van der Waals surface area contributed by atoms with Gasteiger partial charge in [0.2, 0.25) is 0 Å². The molecule has 2 rings (SSSR count). The summed E-state index contributed by atoms with van der Waals surface area (Å²) in [5.41, 5.74) is 9.65. The summed E-state index contributed by atoms with van der Waals surface area (Å²) in [5, 5.41) is 0. The Balaban J connectivity index is 2.50. The van der Waals surface area contributed by atoms with Gasteiger partial charge in [-0.2, -0.15) is 0 Å². The van der Waals surface area contributed by atoms with Crippen LogP contribution in [0.2, 0.25) is 0 Å². The molecular formula is C19H22.